The highest BCUT2D eigenvalue weighted by molar-refractivity contribution is 7.08. The summed E-state index contributed by atoms with van der Waals surface area (Å²) in [6.07, 6.45) is 7.15. The van der Waals surface area contributed by atoms with Crippen molar-refractivity contribution in [1.29, 1.82) is 0 Å². The van der Waals surface area contributed by atoms with Crippen molar-refractivity contribution in [3.05, 3.63) is 58.9 Å². The number of anilines is 1. The van der Waals surface area contributed by atoms with Gasteiger partial charge in [-0.1, -0.05) is 24.3 Å². The quantitative estimate of drug-likeness (QED) is 0.361. The van der Waals surface area contributed by atoms with E-state index in [2.05, 4.69) is 33.9 Å². The molecule has 0 saturated heterocycles. The lowest BCUT2D eigenvalue weighted by molar-refractivity contribution is -0.130. The Hall–Kier alpha value is -3.07. The van der Waals surface area contributed by atoms with E-state index in [-0.39, 0.29) is 17.9 Å². The van der Waals surface area contributed by atoms with Gasteiger partial charge in [-0.2, -0.15) is 11.3 Å². The maximum atomic E-state index is 12.9. The number of hydrogen-bond acceptors (Lipinski definition) is 6. The third kappa shape index (κ3) is 6.08. The van der Waals surface area contributed by atoms with E-state index >= 15 is 0 Å². The van der Waals surface area contributed by atoms with E-state index in [1.807, 2.05) is 48.6 Å². The first-order valence-electron chi connectivity index (χ1n) is 13.7. The van der Waals surface area contributed by atoms with Crippen molar-refractivity contribution < 1.29 is 14.7 Å². The van der Waals surface area contributed by atoms with E-state index in [1.54, 1.807) is 18.3 Å². The number of hydrogen-bond donors (Lipinski definition) is 3. The highest BCUT2D eigenvalue weighted by Crippen LogP contribution is 2.46. The predicted octanol–water partition coefficient (Wildman–Crippen LogP) is 5.54. The molecule has 1 aromatic carbocycles. The van der Waals surface area contributed by atoms with Crippen LogP contribution in [0.3, 0.4) is 0 Å². The van der Waals surface area contributed by atoms with Crippen molar-refractivity contribution in [2.75, 3.05) is 12.4 Å². The van der Waals surface area contributed by atoms with Crippen LogP contribution < -0.4 is 11.1 Å². The van der Waals surface area contributed by atoms with Gasteiger partial charge in [0.25, 0.3) is 0 Å². The van der Waals surface area contributed by atoms with E-state index in [0.29, 0.717) is 31.0 Å². The van der Waals surface area contributed by atoms with Crippen LogP contribution in [-0.2, 0) is 15.1 Å². The third-order valence-electron chi connectivity index (χ3n) is 8.50. The number of benzene rings is 1. The van der Waals surface area contributed by atoms with E-state index in [4.69, 9.17) is 5.73 Å². The summed E-state index contributed by atoms with van der Waals surface area (Å²) >= 11 is 1.63. The van der Waals surface area contributed by atoms with Gasteiger partial charge in [-0.15, -0.1) is 0 Å². The fourth-order valence-electron chi connectivity index (χ4n) is 6.35. The smallest absolute Gasteiger partial charge is 0.225 e. The average Bonchev–Trinajstić information content (AvgIpc) is 3.42. The van der Waals surface area contributed by atoms with E-state index in [9.17, 15) is 14.7 Å². The Kier molecular flexibility index (Phi) is 7.64. The van der Waals surface area contributed by atoms with Crippen LogP contribution in [-0.4, -0.2) is 45.5 Å². The molecule has 2 aliphatic carbocycles. The zero-order chi connectivity index (χ0) is 27.8. The molecule has 206 valence electrons. The Balaban J connectivity index is 1.28. The number of amides is 2. The summed E-state index contributed by atoms with van der Waals surface area (Å²) in [7, 11) is 1.86. The molecule has 2 saturated carbocycles. The van der Waals surface area contributed by atoms with Crippen LogP contribution in [0, 0.1) is 5.92 Å². The van der Waals surface area contributed by atoms with Gasteiger partial charge in [-0.05, 0) is 96.5 Å². The monoisotopic (exact) mass is 546 g/mol. The Morgan fingerprint density at radius 2 is 1.79 bits per heavy atom. The molecule has 2 fully saturated rings. The minimum absolute atomic E-state index is 0.0242. The number of rotatable bonds is 7. The zero-order valence-corrected chi connectivity index (χ0v) is 23.8. The number of pyridine rings is 1. The number of nitrogens with zero attached hydrogens (tertiary/aromatic N) is 2. The van der Waals surface area contributed by atoms with Crippen molar-refractivity contribution in [2.45, 2.75) is 76.0 Å². The number of aliphatic hydroxyl groups is 1. The molecule has 0 aliphatic heterocycles. The summed E-state index contributed by atoms with van der Waals surface area (Å²) in [5.41, 5.74) is 10.5. The van der Waals surface area contributed by atoms with Crippen molar-refractivity contribution in [3.8, 4) is 22.3 Å². The summed E-state index contributed by atoms with van der Waals surface area (Å²) in [5.74, 6) is 0.938. The summed E-state index contributed by atoms with van der Waals surface area (Å²) in [5, 5.41) is 17.3. The van der Waals surface area contributed by atoms with Gasteiger partial charge in [0, 0.05) is 43.7 Å². The summed E-state index contributed by atoms with van der Waals surface area (Å²) in [4.78, 5) is 31.0. The van der Waals surface area contributed by atoms with Crippen LogP contribution >= 0.6 is 11.3 Å². The van der Waals surface area contributed by atoms with E-state index in [0.717, 1.165) is 53.5 Å². The van der Waals surface area contributed by atoms with Crippen LogP contribution in [0.5, 0.6) is 0 Å². The molecule has 2 aliphatic rings. The Morgan fingerprint density at radius 3 is 2.38 bits per heavy atom. The lowest BCUT2D eigenvalue weighted by Crippen LogP contribution is -2.58. The highest BCUT2D eigenvalue weighted by Gasteiger charge is 2.49. The van der Waals surface area contributed by atoms with Gasteiger partial charge in [0.05, 0.1) is 5.60 Å². The second-order valence-electron chi connectivity index (χ2n) is 11.8. The molecule has 2 amide bonds. The Labute approximate surface area is 234 Å². The second kappa shape index (κ2) is 10.8. The summed E-state index contributed by atoms with van der Waals surface area (Å²) in [6.45, 7) is 3.43. The molecule has 7 nitrogen and oxygen atoms in total. The Morgan fingerprint density at radius 1 is 1.10 bits per heavy atom. The van der Waals surface area contributed by atoms with Crippen molar-refractivity contribution in [1.82, 2.24) is 9.88 Å². The molecular weight excluding hydrogens is 508 g/mol. The largest absolute Gasteiger partial charge is 0.390 e. The molecule has 0 bridgehead atoms. The van der Waals surface area contributed by atoms with Crippen molar-refractivity contribution >= 4 is 29.0 Å². The molecule has 0 radical (unpaired) electrons. The minimum atomic E-state index is -0.699. The van der Waals surface area contributed by atoms with E-state index < -0.39 is 11.1 Å². The molecular formula is C31H38N4O3S. The van der Waals surface area contributed by atoms with Crippen LogP contribution in [0.25, 0.3) is 22.3 Å². The topological polar surface area (TPSA) is 109 Å². The maximum Gasteiger partial charge on any atom is 0.225 e. The molecule has 0 unspecified atom stereocenters. The van der Waals surface area contributed by atoms with Gasteiger partial charge in [0.2, 0.25) is 11.8 Å². The summed E-state index contributed by atoms with van der Waals surface area (Å²) in [6, 6.07) is 12.5. The molecule has 5 rings (SSSR count). The predicted molar refractivity (Wildman–Crippen MR) is 156 cm³/mol. The molecule has 8 heteroatoms. The van der Waals surface area contributed by atoms with Gasteiger partial charge in [0.15, 0.2) is 0 Å². The van der Waals surface area contributed by atoms with Crippen molar-refractivity contribution in [2.24, 2.45) is 11.7 Å². The number of carbonyl (C=O) groups is 2. The van der Waals surface area contributed by atoms with Crippen molar-refractivity contribution in [3.63, 3.8) is 0 Å². The molecule has 2 heterocycles. The fourth-order valence-corrected chi connectivity index (χ4v) is 7.01. The minimum Gasteiger partial charge on any atom is -0.390 e. The first kappa shape index (κ1) is 27.5. The van der Waals surface area contributed by atoms with Gasteiger partial charge in [-0.25, -0.2) is 4.98 Å². The molecule has 4 N–H and O–H groups in total. The van der Waals surface area contributed by atoms with Gasteiger partial charge < -0.3 is 21.1 Å². The van der Waals surface area contributed by atoms with Crippen LogP contribution in [0.4, 0.5) is 5.82 Å². The molecule has 39 heavy (non-hydrogen) atoms. The zero-order valence-electron chi connectivity index (χ0n) is 22.9. The lowest BCUT2D eigenvalue weighted by Gasteiger charge is -2.49. The van der Waals surface area contributed by atoms with Crippen LogP contribution in [0.15, 0.2) is 53.4 Å². The standard InChI is InChI=1S/C31H38N4O3S/c1-20(36)35(3)25-10-4-21(5-11-25)14-29(37)34-28-15-26(23-12-13-39-17-23)27(16-33-28)22-6-8-24(9-7-22)31(32)18-30(2,38)19-31/h6-9,12-13,15-17,21,25,38H,4-5,10-11,14,18-19,32H2,1-3H3,(H,33,34,37)/t21?,25?,30-,31-. The van der Waals surface area contributed by atoms with Gasteiger partial charge in [-0.3, -0.25) is 9.59 Å². The number of thiophene rings is 1. The number of nitrogens with two attached hydrogens (primary N) is 1. The van der Waals surface area contributed by atoms with Gasteiger partial charge >= 0.3 is 0 Å². The molecule has 2 aromatic heterocycles. The Bertz CT molecular complexity index is 1320. The number of aromatic nitrogens is 1. The average molecular weight is 547 g/mol. The second-order valence-corrected chi connectivity index (χ2v) is 12.5. The maximum absolute atomic E-state index is 12.9. The third-order valence-corrected chi connectivity index (χ3v) is 9.19. The van der Waals surface area contributed by atoms with E-state index in [1.165, 1.54) is 0 Å². The van der Waals surface area contributed by atoms with Crippen LogP contribution in [0.1, 0.15) is 64.4 Å². The first-order chi connectivity index (χ1) is 18.5. The number of nitrogens with one attached hydrogen (secondary N) is 1. The fraction of sp³-hybridized carbons (Fsp3) is 0.452. The first-order valence-corrected chi connectivity index (χ1v) is 14.7. The van der Waals surface area contributed by atoms with Crippen LogP contribution in [0.2, 0.25) is 0 Å². The number of carbonyl (C=O) groups excluding carboxylic acids is 2. The van der Waals surface area contributed by atoms with Gasteiger partial charge in [0.1, 0.15) is 5.82 Å². The normalized spacial score (nSPS) is 26.5. The SMILES string of the molecule is CC(=O)N(C)C1CCC(CC(=O)Nc2cc(-c3ccsc3)c(-c3ccc([C@]4(N)C[C@](C)(O)C4)cc3)cn2)CC1. The summed E-state index contributed by atoms with van der Waals surface area (Å²) < 4.78 is 0. The molecule has 0 spiro atoms. The molecule has 3 aromatic rings. The molecule has 0 atom stereocenters. The highest BCUT2D eigenvalue weighted by atomic mass is 32.1. The lowest BCUT2D eigenvalue weighted by atomic mass is 9.63.